The van der Waals surface area contributed by atoms with Crippen molar-refractivity contribution in [3.8, 4) is 0 Å². The minimum Gasteiger partial charge on any atom is -0.481 e. The zero-order valence-electron chi connectivity index (χ0n) is 11.1. The molecule has 18 heavy (non-hydrogen) atoms. The molecule has 0 fully saturated rings. The van der Waals surface area contributed by atoms with Crippen LogP contribution in [-0.4, -0.2) is 40.6 Å². The van der Waals surface area contributed by atoms with Crippen LogP contribution in [0.25, 0.3) is 0 Å². The molecule has 1 N–H and O–H groups in total. The number of carbonyl (C=O) groups is 2. The van der Waals surface area contributed by atoms with E-state index in [2.05, 4.69) is 5.16 Å². The Balaban J connectivity index is 2.75. The molecule has 1 aromatic heterocycles. The standard InChI is InChI=1S/C12H18N2O4/c1-7(11-8(2)13-18-9(11)3)12(17)14(4)6-5-10(15)16/h7H,5-6H2,1-4H3,(H,15,16). The molecule has 1 unspecified atom stereocenters. The Bertz CT molecular complexity index is 433. The Labute approximate surface area is 106 Å². The molecule has 0 saturated carbocycles. The molecule has 1 rings (SSSR count). The van der Waals surface area contributed by atoms with Gasteiger partial charge in [0.2, 0.25) is 5.91 Å². The van der Waals surface area contributed by atoms with Crippen molar-refractivity contribution in [3.05, 3.63) is 17.0 Å². The smallest absolute Gasteiger partial charge is 0.305 e. The Hall–Kier alpha value is -1.85. The SMILES string of the molecule is Cc1noc(C)c1C(C)C(=O)N(C)CCC(=O)O. The molecule has 6 nitrogen and oxygen atoms in total. The van der Waals surface area contributed by atoms with Crippen LogP contribution in [0, 0.1) is 13.8 Å². The number of carbonyl (C=O) groups excluding carboxylic acids is 1. The zero-order chi connectivity index (χ0) is 13.9. The Kier molecular flexibility index (Phi) is 4.47. The van der Waals surface area contributed by atoms with Crippen LogP contribution >= 0.6 is 0 Å². The van der Waals surface area contributed by atoms with E-state index >= 15 is 0 Å². The second-order valence-corrected chi connectivity index (χ2v) is 4.36. The topological polar surface area (TPSA) is 83.6 Å². The lowest BCUT2D eigenvalue weighted by atomic mass is 9.98. The third-order valence-electron chi connectivity index (χ3n) is 2.93. The van der Waals surface area contributed by atoms with E-state index in [4.69, 9.17) is 9.63 Å². The van der Waals surface area contributed by atoms with Crippen LogP contribution in [0.5, 0.6) is 0 Å². The second kappa shape index (κ2) is 5.66. The Morgan fingerprint density at radius 2 is 2.06 bits per heavy atom. The number of aliphatic carboxylic acids is 1. The van der Waals surface area contributed by atoms with Crippen LogP contribution < -0.4 is 0 Å². The average Bonchev–Trinajstić information content (AvgIpc) is 2.64. The van der Waals surface area contributed by atoms with E-state index in [9.17, 15) is 9.59 Å². The van der Waals surface area contributed by atoms with Gasteiger partial charge in [-0.1, -0.05) is 5.16 Å². The fourth-order valence-electron chi connectivity index (χ4n) is 1.94. The van der Waals surface area contributed by atoms with Gasteiger partial charge in [0.25, 0.3) is 0 Å². The maximum Gasteiger partial charge on any atom is 0.305 e. The van der Waals surface area contributed by atoms with Gasteiger partial charge in [-0.3, -0.25) is 9.59 Å². The molecule has 6 heteroatoms. The minimum atomic E-state index is -0.917. The zero-order valence-corrected chi connectivity index (χ0v) is 11.1. The highest BCUT2D eigenvalue weighted by atomic mass is 16.5. The van der Waals surface area contributed by atoms with E-state index in [1.165, 1.54) is 4.90 Å². The number of carboxylic acids is 1. The van der Waals surface area contributed by atoms with Gasteiger partial charge in [0.15, 0.2) is 0 Å². The van der Waals surface area contributed by atoms with E-state index in [1.807, 2.05) is 0 Å². The van der Waals surface area contributed by atoms with E-state index < -0.39 is 5.97 Å². The predicted molar refractivity (Wildman–Crippen MR) is 64.3 cm³/mol. The van der Waals surface area contributed by atoms with Gasteiger partial charge in [0, 0.05) is 19.2 Å². The number of carboxylic acid groups (broad SMARTS) is 1. The number of hydrogen-bond acceptors (Lipinski definition) is 4. The Morgan fingerprint density at radius 1 is 1.44 bits per heavy atom. The number of likely N-dealkylation sites (N-methyl/N-ethyl adjacent to an activating group) is 1. The summed E-state index contributed by atoms with van der Waals surface area (Å²) in [7, 11) is 1.60. The summed E-state index contributed by atoms with van der Waals surface area (Å²) in [5, 5.41) is 12.4. The van der Waals surface area contributed by atoms with E-state index in [0.29, 0.717) is 11.5 Å². The molecule has 1 heterocycles. The average molecular weight is 254 g/mol. The van der Waals surface area contributed by atoms with Gasteiger partial charge in [0.05, 0.1) is 18.0 Å². The van der Waals surface area contributed by atoms with Crippen molar-refractivity contribution >= 4 is 11.9 Å². The van der Waals surface area contributed by atoms with Crippen molar-refractivity contribution in [2.75, 3.05) is 13.6 Å². The molecule has 1 atom stereocenters. The lowest BCUT2D eigenvalue weighted by molar-refractivity contribution is -0.138. The number of nitrogens with zero attached hydrogens (tertiary/aromatic N) is 2. The van der Waals surface area contributed by atoms with E-state index in [1.54, 1.807) is 27.8 Å². The van der Waals surface area contributed by atoms with Crippen molar-refractivity contribution in [2.24, 2.45) is 0 Å². The van der Waals surface area contributed by atoms with Crippen molar-refractivity contribution in [1.29, 1.82) is 0 Å². The lowest BCUT2D eigenvalue weighted by Gasteiger charge is -2.20. The summed E-state index contributed by atoms with van der Waals surface area (Å²) in [5.41, 5.74) is 1.47. The fraction of sp³-hybridized carbons (Fsp3) is 0.583. The highest BCUT2D eigenvalue weighted by Crippen LogP contribution is 2.24. The quantitative estimate of drug-likeness (QED) is 0.856. The van der Waals surface area contributed by atoms with Crippen molar-refractivity contribution in [3.63, 3.8) is 0 Å². The monoisotopic (exact) mass is 254 g/mol. The number of aryl methyl sites for hydroxylation is 2. The van der Waals surface area contributed by atoms with Gasteiger partial charge in [-0.05, 0) is 20.8 Å². The summed E-state index contributed by atoms with van der Waals surface area (Å²) in [6.07, 6.45) is -0.0590. The highest BCUT2D eigenvalue weighted by molar-refractivity contribution is 5.84. The normalized spacial score (nSPS) is 12.2. The van der Waals surface area contributed by atoms with Crippen molar-refractivity contribution < 1.29 is 19.2 Å². The van der Waals surface area contributed by atoms with Crippen LogP contribution in [0.3, 0.4) is 0 Å². The van der Waals surface area contributed by atoms with Gasteiger partial charge < -0.3 is 14.5 Å². The van der Waals surface area contributed by atoms with Gasteiger partial charge in [0.1, 0.15) is 5.76 Å². The lowest BCUT2D eigenvalue weighted by Crippen LogP contribution is -2.32. The van der Waals surface area contributed by atoms with Gasteiger partial charge in [-0.15, -0.1) is 0 Å². The van der Waals surface area contributed by atoms with E-state index in [-0.39, 0.29) is 24.8 Å². The first-order chi connectivity index (χ1) is 8.34. The first kappa shape index (κ1) is 14.2. The summed E-state index contributed by atoms with van der Waals surface area (Å²) in [4.78, 5) is 24.0. The maximum atomic E-state index is 12.1. The second-order valence-electron chi connectivity index (χ2n) is 4.36. The molecule has 0 aromatic carbocycles. The molecular weight excluding hydrogens is 236 g/mol. The van der Waals surface area contributed by atoms with Gasteiger partial charge >= 0.3 is 5.97 Å². The molecule has 0 radical (unpaired) electrons. The molecule has 0 aliphatic rings. The number of amides is 1. The van der Waals surface area contributed by atoms with Crippen LogP contribution in [0.1, 0.15) is 36.3 Å². The van der Waals surface area contributed by atoms with Crippen LogP contribution in [0.4, 0.5) is 0 Å². The largest absolute Gasteiger partial charge is 0.481 e. The maximum absolute atomic E-state index is 12.1. The summed E-state index contributed by atoms with van der Waals surface area (Å²) in [6, 6.07) is 0. The predicted octanol–water partition coefficient (Wildman–Crippen LogP) is 1.33. The van der Waals surface area contributed by atoms with Crippen LogP contribution in [-0.2, 0) is 9.59 Å². The summed E-state index contributed by atoms with van der Waals surface area (Å²) in [6.45, 7) is 5.51. The molecular formula is C12H18N2O4. The summed E-state index contributed by atoms with van der Waals surface area (Å²) < 4.78 is 5.03. The molecule has 0 spiro atoms. The molecule has 0 bridgehead atoms. The fourth-order valence-corrected chi connectivity index (χ4v) is 1.94. The van der Waals surface area contributed by atoms with Crippen LogP contribution in [0.2, 0.25) is 0 Å². The summed E-state index contributed by atoms with van der Waals surface area (Å²) in [5.74, 6) is -0.805. The van der Waals surface area contributed by atoms with Crippen LogP contribution in [0.15, 0.2) is 4.52 Å². The molecule has 100 valence electrons. The van der Waals surface area contributed by atoms with Gasteiger partial charge in [-0.2, -0.15) is 0 Å². The molecule has 0 aliphatic carbocycles. The summed E-state index contributed by atoms with van der Waals surface area (Å²) >= 11 is 0. The number of rotatable bonds is 5. The number of hydrogen-bond donors (Lipinski definition) is 1. The van der Waals surface area contributed by atoms with Crippen molar-refractivity contribution in [2.45, 2.75) is 33.1 Å². The first-order valence-electron chi connectivity index (χ1n) is 5.74. The van der Waals surface area contributed by atoms with Gasteiger partial charge in [-0.25, -0.2) is 0 Å². The van der Waals surface area contributed by atoms with E-state index in [0.717, 1.165) is 5.56 Å². The Morgan fingerprint density at radius 3 is 2.50 bits per heavy atom. The number of aromatic nitrogens is 1. The minimum absolute atomic E-state index is 0.0590. The molecule has 0 saturated heterocycles. The third-order valence-corrected chi connectivity index (χ3v) is 2.93. The first-order valence-corrected chi connectivity index (χ1v) is 5.74. The highest BCUT2D eigenvalue weighted by Gasteiger charge is 2.25. The molecule has 0 aliphatic heterocycles. The molecule has 1 amide bonds. The molecule has 1 aromatic rings. The van der Waals surface area contributed by atoms with Crippen molar-refractivity contribution in [1.82, 2.24) is 10.1 Å². The third kappa shape index (κ3) is 3.09.